The Hall–Kier alpha value is -1.19. The molecule has 0 amide bonds. The summed E-state index contributed by atoms with van der Waals surface area (Å²) in [6.07, 6.45) is 0. The van der Waals surface area contributed by atoms with Crippen LogP contribution in [0.1, 0.15) is 11.4 Å². The van der Waals surface area contributed by atoms with Crippen LogP contribution in [0, 0.1) is 18.4 Å². The Kier molecular flexibility index (Phi) is 3.08. The number of nitrogens with zero attached hydrogens (tertiary/aromatic N) is 1. The first-order valence-electron chi connectivity index (χ1n) is 5.36. The van der Waals surface area contributed by atoms with Gasteiger partial charge in [0.05, 0.1) is 6.61 Å². The van der Waals surface area contributed by atoms with Gasteiger partial charge in [0, 0.05) is 33.2 Å². The Bertz CT molecular complexity index is 540. The average Bonchev–Trinajstić information content (AvgIpc) is 2.44. The summed E-state index contributed by atoms with van der Waals surface area (Å²) >= 11 is 5.16. The van der Waals surface area contributed by atoms with E-state index in [9.17, 15) is 0 Å². The third-order valence-electron chi connectivity index (χ3n) is 3.03. The SMILES string of the molecule is Cc1c2ccc(=S)ccc2c(C)n1CCO. The quantitative estimate of drug-likeness (QED) is 0.807. The first kappa shape index (κ1) is 11.3. The van der Waals surface area contributed by atoms with E-state index in [0.29, 0.717) is 6.54 Å². The minimum absolute atomic E-state index is 0.168. The molecule has 0 spiro atoms. The maximum absolute atomic E-state index is 9.05. The van der Waals surface area contributed by atoms with Crippen LogP contribution < -0.4 is 0 Å². The fourth-order valence-electron chi connectivity index (χ4n) is 2.17. The fourth-order valence-corrected chi connectivity index (χ4v) is 2.31. The van der Waals surface area contributed by atoms with Crippen LogP contribution in [0.15, 0.2) is 24.3 Å². The van der Waals surface area contributed by atoms with Crippen LogP contribution in [-0.2, 0) is 6.54 Å². The van der Waals surface area contributed by atoms with E-state index in [2.05, 4.69) is 30.5 Å². The van der Waals surface area contributed by atoms with Crippen LogP contribution in [0.4, 0.5) is 0 Å². The first-order valence-corrected chi connectivity index (χ1v) is 5.76. The molecule has 0 atom stereocenters. The molecular formula is C13H15NOS. The molecule has 0 saturated carbocycles. The van der Waals surface area contributed by atoms with Gasteiger partial charge in [0.15, 0.2) is 0 Å². The summed E-state index contributed by atoms with van der Waals surface area (Å²) in [5, 5.41) is 11.5. The lowest BCUT2D eigenvalue weighted by Crippen LogP contribution is -2.05. The smallest absolute Gasteiger partial charge is 0.0610 e. The van der Waals surface area contributed by atoms with E-state index in [1.165, 1.54) is 22.2 Å². The third-order valence-corrected chi connectivity index (χ3v) is 3.30. The Morgan fingerprint density at radius 1 is 1.06 bits per heavy atom. The minimum Gasteiger partial charge on any atom is -0.395 e. The zero-order chi connectivity index (χ0) is 11.7. The largest absolute Gasteiger partial charge is 0.395 e. The number of hydrogen-bond acceptors (Lipinski definition) is 2. The van der Waals surface area contributed by atoms with Gasteiger partial charge in [0.25, 0.3) is 0 Å². The molecule has 0 unspecified atom stereocenters. The van der Waals surface area contributed by atoms with E-state index < -0.39 is 0 Å². The second-order valence-corrected chi connectivity index (χ2v) is 4.41. The van der Waals surface area contributed by atoms with Crippen LogP contribution >= 0.6 is 12.2 Å². The molecule has 0 aliphatic carbocycles. The minimum atomic E-state index is 0.168. The van der Waals surface area contributed by atoms with Crippen molar-refractivity contribution in [3.8, 4) is 0 Å². The molecule has 0 saturated heterocycles. The maximum atomic E-state index is 9.05. The van der Waals surface area contributed by atoms with Crippen LogP contribution in [0.25, 0.3) is 10.8 Å². The van der Waals surface area contributed by atoms with Crippen molar-refractivity contribution in [1.29, 1.82) is 0 Å². The lowest BCUT2D eigenvalue weighted by atomic mass is 10.2. The molecule has 84 valence electrons. The molecular weight excluding hydrogens is 218 g/mol. The summed E-state index contributed by atoms with van der Waals surface area (Å²) in [6.45, 7) is 4.97. The Morgan fingerprint density at radius 2 is 1.56 bits per heavy atom. The Labute approximate surface area is 100 Å². The van der Waals surface area contributed by atoms with Crippen molar-refractivity contribution in [2.75, 3.05) is 6.61 Å². The molecule has 1 N–H and O–H groups in total. The molecule has 0 bridgehead atoms. The lowest BCUT2D eigenvalue weighted by Gasteiger charge is -2.05. The van der Waals surface area contributed by atoms with Crippen molar-refractivity contribution >= 4 is 23.0 Å². The van der Waals surface area contributed by atoms with E-state index in [-0.39, 0.29) is 6.61 Å². The van der Waals surface area contributed by atoms with E-state index >= 15 is 0 Å². The molecule has 2 aromatic rings. The van der Waals surface area contributed by atoms with Gasteiger partial charge in [-0.2, -0.15) is 0 Å². The highest BCUT2D eigenvalue weighted by molar-refractivity contribution is 7.71. The van der Waals surface area contributed by atoms with Crippen LogP contribution in [0.5, 0.6) is 0 Å². The molecule has 0 fully saturated rings. The van der Waals surface area contributed by atoms with Gasteiger partial charge < -0.3 is 9.67 Å². The third kappa shape index (κ3) is 1.77. The highest BCUT2D eigenvalue weighted by Gasteiger charge is 2.08. The summed E-state index contributed by atoms with van der Waals surface area (Å²) < 4.78 is 3.00. The molecule has 0 aliphatic rings. The second kappa shape index (κ2) is 4.36. The van der Waals surface area contributed by atoms with Crippen molar-refractivity contribution < 1.29 is 5.11 Å². The molecule has 2 nitrogen and oxygen atoms in total. The van der Waals surface area contributed by atoms with Gasteiger partial charge in [-0.05, 0) is 26.0 Å². The number of aryl methyl sites for hydroxylation is 2. The predicted molar refractivity (Wildman–Crippen MR) is 69.3 cm³/mol. The van der Waals surface area contributed by atoms with Gasteiger partial charge in [-0.15, -0.1) is 0 Å². The van der Waals surface area contributed by atoms with Crippen LogP contribution in [0.3, 0.4) is 0 Å². The Morgan fingerprint density at radius 3 is 2.00 bits per heavy atom. The molecule has 16 heavy (non-hydrogen) atoms. The standard InChI is InChI=1S/C13H15NOS/c1-9-12-5-3-11(16)4-6-13(12)10(2)14(9)7-8-15/h3-6,15H,7-8H2,1-2H3. The van der Waals surface area contributed by atoms with Gasteiger partial charge >= 0.3 is 0 Å². The van der Waals surface area contributed by atoms with Crippen molar-refractivity contribution in [2.45, 2.75) is 20.4 Å². The Balaban J connectivity index is 2.82. The summed E-state index contributed by atoms with van der Waals surface area (Å²) in [6, 6.07) is 8.03. The van der Waals surface area contributed by atoms with Crippen molar-refractivity contribution in [3.63, 3.8) is 0 Å². The summed E-state index contributed by atoms with van der Waals surface area (Å²) in [5.41, 5.74) is 2.37. The van der Waals surface area contributed by atoms with Gasteiger partial charge in [-0.3, -0.25) is 0 Å². The van der Waals surface area contributed by atoms with Crippen LogP contribution in [0.2, 0.25) is 0 Å². The molecule has 1 aromatic carbocycles. The fraction of sp³-hybridized carbons (Fsp3) is 0.308. The lowest BCUT2D eigenvalue weighted by molar-refractivity contribution is 0.274. The van der Waals surface area contributed by atoms with Crippen molar-refractivity contribution in [1.82, 2.24) is 4.57 Å². The maximum Gasteiger partial charge on any atom is 0.0610 e. The van der Waals surface area contributed by atoms with Crippen LogP contribution in [-0.4, -0.2) is 16.3 Å². The van der Waals surface area contributed by atoms with Crippen molar-refractivity contribution in [3.05, 3.63) is 40.2 Å². The van der Waals surface area contributed by atoms with Crippen molar-refractivity contribution in [2.24, 2.45) is 0 Å². The van der Waals surface area contributed by atoms with Gasteiger partial charge in [-0.1, -0.05) is 24.4 Å². The number of rotatable bonds is 2. The number of aliphatic hydroxyl groups is 1. The second-order valence-electron chi connectivity index (χ2n) is 3.94. The predicted octanol–water partition coefficient (Wildman–Crippen LogP) is 2.98. The van der Waals surface area contributed by atoms with E-state index in [1.54, 1.807) is 0 Å². The number of aliphatic hydroxyl groups excluding tert-OH is 1. The molecule has 3 heteroatoms. The zero-order valence-electron chi connectivity index (χ0n) is 9.53. The monoisotopic (exact) mass is 233 g/mol. The summed E-state index contributed by atoms with van der Waals surface area (Å²) in [5.74, 6) is 0. The number of aromatic nitrogens is 1. The molecule has 0 aliphatic heterocycles. The molecule has 1 heterocycles. The molecule has 2 rings (SSSR count). The molecule has 1 aromatic heterocycles. The number of fused-ring (bicyclic) bond motifs is 1. The molecule has 0 radical (unpaired) electrons. The zero-order valence-corrected chi connectivity index (χ0v) is 10.3. The first-order chi connectivity index (χ1) is 7.65. The normalized spacial score (nSPS) is 10.9. The summed E-state index contributed by atoms with van der Waals surface area (Å²) in [4.78, 5) is 0. The van der Waals surface area contributed by atoms with E-state index in [4.69, 9.17) is 17.3 Å². The van der Waals surface area contributed by atoms with E-state index in [1.807, 2.05) is 12.1 Å². The van der Waals surface area contributed by atoms with Gasteiger partial charge in [-0.25, -0.2) is 0 Å². The highest BCUT2D eigenvalue weighted by atomic mass is 32.1. The topological polar surface area (TPSA) is 25.2 Å². The highest BCUT2D eigenvalue weighted by Crippen LogP contribution is 2.24. The van der Waals surface area contributed by atoms with Gasteiger partial charge in [0.1, 0.15) is 0 Å². The summed E-state index contributed by atoms with van der Waals surface area (Å²) in [7, 11) is 0. The van der Waals surface area contributed by atoms with Gasteiger partial charge in [0.2, 0.25) is 0 Å². The van der Waals surface area contributed by atoms with E-state index in [0.717, 1.165) is 4.51 Å². The number of hydrogen-bond donors (Lipinski definition) is 1. The average molecular weight is 233 g/mol.